The standard InChI is InChI=1S/C27H33N3O6/c28-21(9-11-31)17-5-7-19(8-6-17)29-27(33)18-13-25-22(10-12-34-25)30(15-18)26(32)14-20-16-35-23-3-1-2-4-24(23)36-20/h1-8,18,20-22,25,31H,9-16,28H2,(H,29,33)/t18-,20-,21-,22-,25+/m0/s1. The number of nitrogens with one attached hydrogen (secondary N) is 1. The summed E-state index contributed by atoms with van der Waals surface area (Å²) in [5, 5.41) is 12.1. The van der Waals surface area contributed by atoms with Gasteiger partial charge in [-0.1, -0.05) is 24.3 Å². The van der Waals surface area contributed by atoms with Crippen molar-refractivity contribution >= 4 is 17.5 Å². The molecule has 0 unspecified atom stereocenters. The molecule has 3 aliphatic rings. The Bertz CT molecular complexity index is 1080. The molecule has 2 saturated heterocycles. The van der Waals surface area contributed by atoms with Gasteiger partial charge >= 0.3 is 0 Å². The SMILES string of the molecule is N[C@@H](CCO)c1ccc(NC(=O)[C@H]2C[C@H]3OCC[C@@H]3N(C(=O)C[C@H]3COc4ccccc4O3)C2)cc1. The molecule has 0 aliphatic carbocycles. The smallest absolute Gasteiger partial charge is 0.229 e. The average molecular weight is 496 g/mol. The summed E-state index contributed by atoms with van der Waals surface area (Å²) in [4.78, 5) is 28.4. The Morgan fingerprint density at radius 3 is 2.69 bits per heavy atom. The second kappa shape index (κ2) is 10.9. The van der Waals surface area contributed by atoms with Crippen molar-refractivity contribution in [2.45, 2.75) is 50.0 Å². The maximum Gasteiger partial charge on any atom is 0.229 e. The number of carbonyl (C=O) groups excluding carboxylic acids is 2. The third-order valence-electron chi connectivity index (χ3n) is 7.22. The fourth-order valence-electron chi connectivity index (χ4n) is 5.26. The molecule has 0 radical (unpaired) electrons. The van der Waals surface area contributed by atoms with Crippen molar-refractivity contribution in [2.24, 2.45) is 11.7 Å². The summed E-state index contributed by atoms with van der Waals surface area (Å²) in [5.74, 6) is 0.754. The number of nitrogens with zero attached hydrogens (tertiary/aromatic N) is 1. The number of aliphatic hydroxyl groups excluding tert-OH is 1. The number of aliphatic hydroxyl groups is 1. The normalized spacial score (nSPS) is 25.7. The number of benzene rings is 2. The van der Waals surface area contributed by atoms with Gasteiger partial charge in [0.1, 0.15) is 12.7 Å². The lowest BCUT2D eigenvalue weighted by atomic mass is 9.89. The van der Waals surface area contributed by atoms with E-state index in [2.05, 4.69) is 5.32 Å². The van der Waals surface area contributed by atoms with Crippen molar-refractivity contribution in [3.63, 3.8) is 0 Å². The second-order valence-corrected chi connectivity index (χ2v) is 9.68. The summed E-state index contributed by atoms with van der Waals surface area (Å²) in [6.45, 7) is 1.26. The van der Waals surface area contributed by atoms with Gasteiger partial charge in [-0.3, -0.25) is 9.59 Å². The zero-order chi connectivity index (χ0) is 25.1. The highest BCUT2D eigenvalue weighted by atomic mass is 16.6. The first-order valence-electron chi connectivity index (χ1n) is 12.6. The number of amides is 2. The first-order chi connectivity index (χ1) is 17.5. The van der Waals surface area contributed by atoms with Crippen molar-refractivity contribution in [1.29, 1.82) is 0 Å². The Hall–Kier alpha value is -3.14. The van der Waals surface area contributed by atoms with Crippen LogP contribution in [0, 0.1) is 5.92 Å². The predicted molar refractivity (Wildman–Crippen MR) is 133 cm³/mol. The molecular formula is C27H33N3O6. The Kier molecular flexibility index (Phi) is 7.41. The van der Waals surface area contributed by atoms with Crippen LogP contribution in [0.25, 0.3) is 0 Å². The highest BCUT2D eigenvalue weighted by Crippen LogP contribution is 2.35. The van der Waals surface area contributed by atoms with Crippen LogP contribution in [0.1, 0.15) is 37.3 Å². The van der Waals surface area contributed by atoms with Gasteiger partial charge < -0.3 is 35.3 Å². The van der Waals surface area contributed by atoms with Crippen LogP contribution in [0.4, 0.5) is 5.69 Å². The first kappa shape index (κ1) is 24.5. The summed E-state index contributed by atoms with van der Waals surface area (Å²) in [6, 6.07) is 14.5. The highest BCUT2D eigenvalue weighted by molar-refractivity contribution is 5.93. The Labute approximate surface area is 210 Å². The molecule has 4 N–H and O–H groups in total. The molecule has 0 saturated carbocycles. The van der Waals surface area contributed by atoms with Crippen LogP contribution in [0.5, 0.6) is 11.5 Å². The fraction of sp³-hybridized carbons (Fsp3) is 0.481. The molecule has 0 spiro atoms. The lowest BCUT2D eigenvalue weighted by Crippen LogP contribution is -2.55. The molecule has 36 heavy (non-hydrogen) atoms. The molecule has 2 aromatic rings. The maximum atomic E-state index is 13.4. The van der Waals surface area contributed by atoms with Crippen LogP contribution in [0.15, 0.2) is 48.5 Å². The Balaban J connectivity index is 1.22. The number of fused-ring (bicyclic) bond motifs is 2. The monoisotopic (exact) mass is 495 g/mol. The van der Waals surface area contributed by atoms with E-state index in [1.807, 2.05) is 53.4 Å². The van der Waals surface area contributed by atoms with Crippen LogP contribution in [0.3, 0.4) is 0 Å². The van der Waals surface area contributed by atoms with E-state index in [-0.39, 0.29) is 55.1 Å². The lowest BCUT2D eigenvalue weighted by molar-refractivity contribution is -0.143. The second-order valence-electron chi connectivity index (χ2n) is 9.68. The number of rotatable bonds is 7. The first-order valence-corrected chi connectivity index (χ1v) is 12.6. The van der Waals surface area contributed by atoms with Crippen molar-refractivity contribution in [1.82, 2.24) is 4.90 Å². The molecule has 5 atom stereocenters. The van der Waals surface area contributed by atoms with Gasteiger partial charge in [-0.15, -0.1) is 0 Å². The molecule has 3 heterocycles. The van der Waals surface area contributed by atoms with Gasteiger partial charge in [0.25, 0.3) is 0 Å². The van der Waals surface area contributed by atoms with Crippen LogP contribution in [-0.2, 0) is 14.3 Å². The van der Waals surface area contributed by atoms with Crippen LogP contribution >= 0.6 is 0 Å². The summed E-state index contributed by atoms with van der Waals surface area (Å²) in [7, 11) is 0. The molecular weight excluding hydrogens is 462 g/mol. The van der Waals surface area contributed by atoms with Gasteiger partial charge in [-0.05, 0) is 49.1 Å². The van der Waals surface area contributed by atoms with E-state index in [9.17, 15) is 9.59 Å². The molecule has 192 valence electrons. The molecule has 2 amide bonds. The summed E-state index contributed by atoms with van der Waals surface area (Å²) in [5.41, 5.74) is 7.61. The van der Waals surface area contributed by atoms with Gasteiger partial charge in [-0.25, -0.2) is 0 Å². The number of nitrogens with two attached hydrogens (primary N) is 1. The van der Waals surface area contributed by atoms with Crippen LogP contribution in [-0.4, -0.2) is 66.4 Å². The minimum atomic E-state index is -0.381. The van der Waals surface area contributed by atoms with Gasteiger partial charge in [0.15, 0.2) is 11.5 Å². The largest absolute Gasteiger partial charge is 0.486 e. The van der Waals surface area contributed by atoms with Gasteiger partial charge in [0.2, 0.25) is 11.8 Å². The number of ether oxygens (including phenoxy) is 3. The van der Waals surface area contributed by atoms with E-state index in [0.717, 1.165) is 12.0 Å². The summed E-state index contributed by atoms with van der Waals surface area (Å²) < 4.78 is 17.7. The molecule has 0 bridgehead atoms. The molecule has 9 nitrogen and oxygen atoms in total. The number of anilines is 1. The van der Waals surface area contributed by atoms with E-state index in [1.165, 1.54) is 0 Å². The average Bonchev–Trinajstić information content (AvgIpc) is 3.37. The molecule has 0 aromatic heterocycles. The number of likely N-dealkylation sites (tertiary alicyclic amines) is 1. The van der Waals surface area contributed by atoms with E-state index >= 15 is 0 Å². The molecule has 9 heteroatoms. The van der Waals surface area contributed by atoms with Gasteiger partial charge in [0, 0.05) is 31.5 Å². The van der Waals surface area contributed by atoms with Gasteiger partial charge in [0.05, 0.1) is 24.5 Å². The molecule has 2 aromatic carbocycles. The number of hydrogen-bond donors (Lipinski definition) is 3. The van der Waals surface area contributed by atoms with Crippen LogP contribution < -0.4 is 20.5 Å². The summed E-state index contributed by atoms with van der Waals surface area (Å²) >= 11 is 0. The lowest BCUT2D eigenvalue weighted by Gasteiger charge is -2.41. The number of piperidine rings is 1. The van der Waals surface area contributed by atoms with Gasteiger partial charge in [-0.2, -0.15) is 0 Å². The van der Waals surface area contributed by atoms with E-state index in [4.69, 9.17) is 25.1 Å². The fourth-order valence-corrected chi connectivity index (χ4v) is 5.26. The summed E-state index contributed by atoms with van der Waals surface area (Å²) in [6.07, 6.45) is 1.48. The molecule has 3 aliphatic heterocycles. The minimum absolute atomic E-state index is 0.0218. The minimum Gasteiger partial charge on any atom is -0.486 e. The maximum absolute atomic E-state index is 13.4. The van der Waals surface area contributed by atoms with Crippen molar-refractivity contribution in [2.75, 3.05) is 31.7 Å². The van der Waals surface area contributed by atoms with Crippen LogP contribution in [0.2, 0.25) is 0 Å². The third kappa shape index (κ3) is 5.33. The van der Waals surface area contributed by atoms with Crippen molar-refractivity contribution in [3.8, 4) is 11.5 Å². The number of carbonyl (C=O) groups is 2. The predicted octanol–water partition coefficient (Wildman–Crippen LogP) is 2.24. The zero-order valence-corrected chi connectivity index (χ0v) is 20.2. The Morgan fingerprint density at radius 1 is 1.14 bits per heavy atom. The van der Waals surface area contributed by atoms with Crippen molar-refractivity contribution < 1.29 is 28.9 Å². The van der Waals surface area contributed by atoms with E-state index in [0.29, 0.717) is 49.8 Å². The van der Waals surface area contributed by atoms with E-state index in [1.54, 1.807) is 0 Å². The Morgan fingerprint density at radius 2 is 1.92 bits per heavy atom. The molecule has 5 rings (SSSR count). The topological polar surface area (TPSA) is 123 Å². The van der Waals surface area contributed by atoms with Crippen molar-refractivity contribution in [3.05, 3.63) is 54.1 Å². The third-order valence-corrected chi connectivity index (χ3v) is 7.22. The highest BCUT2D eigenvalue weighted by Gasteiger charge is 2.44. The van der Waals surface area contributed by atoms with E-state index < -0.39 is 0 Å². The number of para-hydroxylation sites is 2. The quantitative estimate of drug-likeness (QED) is 0.538. The number of hydrogen-bond acceptors (Lipinski definition) is 7. The zero-order valence-electron chi connectivity index (χ0n) is 20.2. The molecule has 2 fully saturated rings.